The maximum Gasteiger partial charge on any atom is 0.204 e. The number of hydrogen-bond acceptors (Lipinski definition) is 5. The van der Waals surface area contributed by atoms with Gasteiger partial charge in [0, 0.05) is 38.3 Å². The van der Waals surface area contributed by atoms with Crippen LogP contribution < -0.4 is 4.90 Å². The van der Waals surface area contributed by atoms with Gasteiger partial charge in [-0.3, -0.25) is 4.40 Å². The molecule has 1 saturated heterocycles. The molecule has 6 nitrogen and oxygen atoms in total. The smallest absolute Gasteiger partial charge is 0.204 e. The van der Waals surface area contributed by atoms with Crippen LogP contribution in [0, 0.1) is 11.6 Å². The number of likely N-dealkylation sites (N-methyl/N-ethyl adjacent to an activating group) is 1. The predicted molar refractivity (Wildman–Crippen MR) is 77.9 cm³/mol. The highest BCUT2D eigenvalue weighted by atomic mass is 19.2. The zero-order valence-electron chi connectivity index (χ0n) is 12.0. The molecule has 1 aliphatic heterocycles. The lowest BCUT2D eigenvalue weighted by Gasteiger charge is -2.33. The molecule has 0 atom stereocenters. The first-order chi connectivity index (χ1) is 10.6. The van der Waals surface area contributed by atoms with Gasteiger partial charge < -0.3 is 9.80 Å². The van der Waals surface area contributed by atoms with Gasteiger partial charge in [0.05, 0.1) is 11.0 Å². The molecule has 0 unspecified atom stereocenters. The Morgan fingerprint density at radius 3 is 2.55 bits per heavy atom. The third-order valence-electron chi connectivity index (χ3n) is 4.05. The highest BCUT2D eigenvalue weighted by molar-refractivity contribution is 5.83. The van der Waals surface area contributed by atoms with E-state index < -0.39 is 11.6 Å². The number of aromatic nitrogens is 4. The Balaban J connectivity index is 1.93. The summed E-state index contributed by atoms with van der Waals surface area (Å²) in [7, 11) is 2.07. The van der Waals surface area contributed by atoms with Gasteiger partial charge in [0.2, 0.25) is 5.65 Å². The average molecular weight is 304 g/mol. The van der Waals surface area contributed by atoms with Crippen LogP contribution >= 0.6 is 0 Å². The Morgan fingerprint density at radius 2 is 1.77 bits per heavy atom. The van der Waals surface area contributed by atoms with E-state index in [0.29, 0.717) is 22.5 Å². The molecule has 0 N–H and O–H groups in total. The van der Waals surface area contributed by atoms with E-state index >= 15 is 0 Å². The minimum atomic E-state index is -0.906. The van der Waals surface area contributed by atoms with Gasteiger partial charge >= 0.3 is 0 Å². The average Bonchev–Trinajstić information content (AvgIpc) is 2.99. The van der Waals surface area contributed by atoms with Crippen LogP contribution in [-0.4, -0.2) is 57.7 Å². The molecule has 0 spiro atoms. The van der Waals surface area contributed by atoms with Gasteiger partial charge in [-0.15, -0.1) is 10.2 Å². The van der Waals surface area contributed by atoms with Gasteiger partial charge in [0.1, 0.15) is 6.33 Å². The first kappa shape index (κ1) is 13.3. The van der Waals surface area contributed by atoms with Crippen molar-refractivity contribution in [2.24, 2.45) is 0 Å². The van der Waals surface area contributed by atoms with Crippen molar-refractivity contribution >= 4 is 22.5 Å². The quantitative estimate of drug-likeness (QED) is 0.678. The molecule has 4 rings (SSSR count). The number of fused-ring (bicyclic) bond motifs is 3. The zero-order valence-corrected chi connectivity index (χ0v) is 12.0. The van der Waals surface area contributed by atoms with Crippen LogP contribution in [0.3, 0.4) is 0 Å². The summed E-state index contributed by atoms with van der Waals surface area (Å²) in [6.07, 6.45) is 1.50. The largest absolute Gasteiger partial charge is 0.351 e. The number of rotatable bonds is 1. The normalized spacial score (nSPS) is 16.8. The molecule has 2 aromatic heterocycles. The summed E-state index contributed by atoms with van der Waals surface area (Å²) in [5.41, 5.74) is 1.40. The molecule has 0 amide bonds. The Bertz CT molecular complexity index is 853. The first-order valence-electron chi connectivity index (χ1n) is 7.05. The molecule has 0 aliphatic carbocycles. The van der Waals surface area contributed by atoms with Gasteiger partial charge in [-0.25, -0.2) is 13.8 Å². The molecule has 1 aromatic carbocycles. The van der Waals surface area contributed by atoms with Crippen LogP contribution in [0.2, 0.25) is 0 Å². The molecule has 0 radical (unpaired) electrons. The Morgan fingerprint density at radius 1 is 1.05 bits per heavy atom. The number of anilines is 1. The number of nitrogens with zero attached hydrogens (tertiary/aromatic N) is 6. The van der Waals surface area contributed by atoms with Gasteiger partial charge in [0.15, 0.2) is 17.5 Å². The van der Waals surface area contributed by atoms with Crippen molar-refractivity contribution in [2.75, 3.05) is 38.1 Å². The Kier molecular flexibility index (Phi) is 2.93. The molecular weight excluding hydrogens is 290 g/mol. The van der Waals surface area contributed by atoms with Gasteiger partial charge in [-0.1, -0.05) is 0 Å². The van der Waals surface area contributed by atoms with Crippen LogP contribution in [0.25, 0.3) is 16.7 Å². The maximum absolute atomic E-state index is 13.5. The summed E-state index contributed by atoms with van der Waals surface area (Å²) in [6, 6.07) is 2.24. The van der Waals surface area contributed by atoms with E-state index in [0.717, 1.165) is 38.3 Å². The topological polar surface area (TPSA) is 49.6 Å². The minimum Gasteiger partial charge on any atom is -0.351 e. The Hall–Kier alpha value is -2.35. The fraction of sp³-hybridized carbons (Fsp3) is 0.357. The fourth-order valence-corrected chi connectivity index (χ4v) is 2.77. The van der Waals surface area contributed by atoms with Crippen LogP contribution in [0.1, 0.15) is 0 Å². The van der Waals surface area contributed by atoms with Gasteiger partial charge in [0.25, 0.3) is 0 Å². The number of halogens is 2. The second kappa shape index (κ2) is 4.84. The lowest BCUT2D eigenvalue weighted by Crippen LogP contribution is -2.45. The van der Waals surface area contributed by atoms with Crippen molar-refractivity contribution in [3.05, 3.63) is 30.1 Å². The lowest BCUT2D eigenvalue weighted by atomic mass is 10.2. The van der Waals surface area contributed by atoms with Crippen LogP contribution in [0.15, 0.2) is 18.5 Å². The molecule has 3 aromatic rings. The molecule has 0 bridgehead atoms. The Labute approximate surface area is 125 Å². The monoisotopic (exact) mass is 304 g/mol. The second-order valence-corrected chi connectivity index (χ2v) is 5.51. The SMILES string of the molecule is CN1CCN(c2nc3cc(F)c(F)cc3n3cnnc23)CC1. The lowest BCUT2D eigenvalue weighted by molar-refractivity contribution is 0.312. The van der Waals surface area contributed by atoms with Crippen molar-refractivity contribution in [3.8, 4) is 0 Å². The van der Waals surface area contributed by atoms with Crippen molar-refractivity contribution in [2.45, 2.75) is 0 Å². The molecule has 3 heterocycles. The van der Waals surface area contributed by atoms with E-state index in [9.17, 15) is 8.78 Å². The van der Waals surface area contributed by atoms with Crippen LogP contribution in [0.4, 0.5) is 14.6 Å². The summed E-state index contributed by atoms with van der Waals surface area (Å²) in [6.45, 7) is 3.44. The third-order valence-corrected chi connectivity index (χ3v) is 4.05. The number of piperazine rings is 1. The molecule has 1 fully saturated rings. The van der Waals surface area contributed by atoms with E-state index in [2.05, 4.69) is 32.0 Å². The predicted octanol–water partition coefficient (Wildman–Crippen LogP) is 1.31. The second-order valence-electron chi connectivity index (χ2n) is 5.51. The number of hydrogen-bond donors (Lipinski definition) is 0. The standard InChI is InChI=1S/C14H14F2N6/c1-20-2-4-21(5-3-20)13-14-19-17-8-22(14)12-7-10(16)9(15)6-11(12)18-13/h6-8H,2-5H2,1H3. The minimum absolute atomic E-state index is 0.389. The summed E-state index contributed by atoms with van der Waals surface area (Å²) in [5.74, 6) is -1.16. The third kappa shape index (κ3) is 1.98. The molecule has 0 saturated carbocycles. The molecule has 1 aliphatic rings. The van der Waals surface area contributed by atoms with Crippen LogP contribution in [0.5, 0.6) is 0 Å². The first-order valence-corrected chi connectivity index (χ1v) is 7.05. The van der Waals surface area contributed by atoms with E-state index in [1.807, 2.05) is 0 Å². The van der Waals surface area contributed by atoms with Gasteiger partial charge in [-0.2, -0.15) is 0 Å². The van der Waals surface area contributed by atoms with E-state index in [4.69, 9.17) is 0 Å². The highest BCUT2D eigenvalue weighted by Crippen LogP contribution is 2.25. The van der Waals surface area contributed by atoms with Gasteiger partial charge in [-0.05, 0) is 7.05 Å². The summed E-state index contributed by atoms with van der Waals surface area (Å²) >= 11 is 0. The van der Waals surface area contributed by atoms with E-state index in [1.165, 1.54) is 6.33 Å². The van der Waals surface area contributed by atoms with E-state index in [-0.39, 0.29) is 0 Å². The molecular formula is C14H14F2N6. The van der Waals surface area contributed by atoms with Crippen molar-refractivity contribution < 1.29 is 8.78 Å². The van der Waals surface area contributed by atoms with Crippen molar-refractivity contribution in [1.82, 2.24) is 24.5 Å². The molecule has 22 heavy (non-hydrogen) atoms. The highest BCUT2D eigenvalue weighted by Gasteiger charge is 2.21. The summed E-state index contributed by atoms with van der Waals surface area (Å²) < 4.78 is 28.7. The maximum atomic E-state index is 13.5. The zero-order chi connectivity index (χ0) is 15.3. The molecule has 8 heteroatoms. The van der Waals surface area contributed by atoms with Crippen molar-refractivity contribution in [1.29, 1.82) is 0 Å². The van der Waals surface area contributed by atoms with E-state index in [1.54, 1.807) is 4.40 Å². The summed E-state index contributed by atoms with van der Waals surface area (Å²) in [4.78, 5) is 8.84. The fourth-order valence-electron chi connectivity index (χ4n) is 2.77. The number of benzene rings is 1. The molecule has 114 valence electrons. The van der Waals surface area contributed by atoms with Crippen molar-refractivity contribution in [3.63, 3.8) is 0 Å². The summed E-state index contributed by atoms with van der Waals surface area (Å²) in [5, 5.41) is 7.99. The van der Waals surface area contributed by atoms with Crippen LogP contribution in [-0.2, 0) is 0 Å².